The predicted molar refractivity (Wildman–Crippen MR) is 112 cm³/mol. The van der Waals surface area contributed by atoms with Crippen LogP contribution in [0.3, 0.4) is 0 Å². The summed E-state index contributed by atoms with van der Waals surface area (Å²) in [5, 5.41) is 5.18. The Morgan fingerprint density at radius 2 is 1.57 bits per heavy atom. The van der Waals surface area contributed by atoms with Crippen LogP contribution >= 0.6 is 0 Å². The van der Waals surface area contributed by atoms with Crippen molar-refractivity contribution in [1.29, 1.82) is 0 Å². The summed E-state index contributed by atoms with van der Waals surface area (Å²) in [5.41, 5.74) is 1.46. The molecule has 0 saturated carbocycles. The minimum Gasteiger partial charge on any atom is -0.494 e. The van der Waals surface area contributed by atoms with E-state index in [4.69, 9.17) is 9.47 Å². The number of nitrogens with one attached hydrogen (secondary N) is 2. The predicted octanol–water partition coefficient (Wildman–Crippen LogP) is 3.19. The van der Waals surface area contributed by atoms with Crippen molar-refractivity contribution in [2.24, 2.45) is 0 Å². The first kappa shape index (κ1) is 22.6. The fourth-order valence-corrected chi connectivity index (χ4v) is 2.56. The van der Waals surface area contributed by atoms with Gasteiger partial charge in [0.2, 0.25) is 5.91 Å². The number of esters is 1. The van der Waals surface area contributed by atoms with Crippen molar-refractivity contribution in [2.75, 3.05) is 23.8 Å². The molecule has 0 aliphatic rings. The molecule has 0 unspecified atom stereocenters. The Balaban J connectivity index is 1.74. The number of carbonyl (C=O) groups excluding carboxylic acids is 4. The second kappa shape index (κ2) is 11.4. The fourth-order valence-electron chi connectivity index (χ4n) is 2.56. The SMILES string of the molecule is CCOc1ccc(C(=O)CCC(=O)OCC(=O)Nc2cccc(NC(C)=O)c2)cc1. The molecule has 0 aliphatic carbocycles. The van der Waals surface area contributed by atoms with Gasteiger partial charge in [-0.1, -0.05) is 6.07 Å². The van der Waals surface area contributed by atoms with Crippen LogP contribution in [0.2, 0.25) is 0 Å². The van der Waals surface area contributed by atoms with Crippen LogP contribution in [0.5, 0.6) is 5.75 Å². The summed E-state index contributed by atoms with van der Waals surface area (Å²) in [4.78, 5) is 47.0. The van der Waals surface area contributed by atoms with Crippen molar-refractivity contribution >= 4 is 34.9 Å². The molecule has 0 saturated heterocycles. The van der Waals surface area contributed by atoms with Crippen molar-refractivity contribution in [2.45, 2.75) is 26.7 Å². The zero-order valence-corrected chi connectivity index (χ0v) is 16.9. The largest absolute Gasteiger partial charge is 0.494 e. The summed E-state index contributed by atoms with van der Waals surface area (Å²) in [6.07, 6.45) is -0.148. The first-order valence-electron chi connectivity index (χ1n) is 9.46. The standard InChI is InChI=1S/C22H24N2O6/c1-3-29-19-9-7-16(8-10-19)20(26)11-12-22(28)30-14-21(27)24-18-6-4-5-17(13-18)23-15(2)25/h4-10,13H,3,11-12,14H2,1-2H3,(H,23,25)(H,24,27). The van der Waals surface area contributed by atoms with Gasteiger partial charge in [-0.3, -0.25) is 19.2 Å². The summed E-state index contributed by atoms with van der Waals surface area (Å²) in [7, 11) is 0. The molecule has 158 valence electrons. The third-order valence-corrected chi connectivity index (χ3v) is 3.87. The Morgan fingerprint density at radius 1 is 0.900 bits per heavy atom. The first-order valence-corrected chi connectivity index (χ1v) is 9.46. The number of carbonyl (C=O) groups is 4. The molecule has 8 nitrogen and oxygen atoms in total. The normalized spacial score (nSPS) is 10.1. The van der Waals surface area contributed by atoms with Crippen LogP contribution < -0.4 is 15.4 Å². The molecule has 0 fully saturated rings. The van der Waals surface area contributed by atoms with Crippen molar-refractivity contribution in [3.8, 4) is 5.75 Å². The topological polar surface area (TPSA) is 111 Å². The molecule has 0 aromatic heterocycles. The van der Waals surface area contributed by atoms with Gasteiger partial charge in [-0.05, 0) is 49.4 Å². The maximum atomic E-state index is 12.1. The molecule has 30 heavy (non-hydrogen) atoms. The van der Waals surface area contributed by atoms with Gasteiger partial charge in [0.05, 0.1) is 13.0 Å². The quantitative estimate of drug-likeness (QED) is 0.458. The molecule has 0 aliphatic heterocycles. The monoisotopic (exact) mass is 412 g/mol. The number of hydrogen-bond donors (Lipinski definition) is 2. The fraction of sp³-hybridized carbons (Fsp3) is 0.273. The highest BCUT2D eigenvalue weighted by atomic mass is 16.5. The minimum atomic E-state index is -0.642. The van der Waals surface area contributed by atoms with E-state index in [0.29, 0.717) is 29.3 Å². The number of anilines is 2. The highest BCUT2D eigenvalue weighted by molar-refractivity contribution is 5.98. The first-order chi connectivity index (χ1) is 14.4. The number of rotatable bonds is 10. The minimum absolute atomic E-state index is 0.0206. The van der Waals surface area contributed by atoms with E-state index in [1.165, 1.54) is 6.92 Å². The molecule has 2 amide bonds. The van der Waals surface area contributed by atoms with Crippen LogP contribution in [0, 0.1) is 0 Å². The Morgan fingerprint density at radius 3 is 2.20 bits per heavy atom. The molecule has 2 rings (SSSR count). The average molecular weight is 412 g/mol. The van der Waals surface area contributed by atoms with Crippen LogP contribution in [0.4, 0.5) is 11.4 Å². The Hall–Kier alpha value is -3.68. The van der Waals surface area contributed by atoms with Gasteiger partial charge in [-0.25, -0.2) is 0 Å². The van der Waals surface area contributed by atoms with E-state index in [1.54, 1.807) is 48.5 Å². The number of ketones is 1. The average Bonchev–Trinajstić information content (AvgIpc) is 2.71. The maximum Gasteiger partial charge on any atom is 0.306 e. The molecule has 8 heteroatoms. The lowest BCUT2D eigenvalue weighted by Gasteiger charge is -2.08. The van der Waals surface area contributed by atoms with E-state index in [1.807, 2.05) is 6.92 Å². The van der Waals surface area contributed by atoms with Gasteiger partial charge in [0.15, 0.2) is 12.4 Å². The van der Waals surface area contributed by atoms with Crippen molar-refractivity contribution in [1.82, 2.24) is 0 Å². The Kier molecular flexibility index (Phi) is 8.56. The van der Waals surface area contributed by atoms with Crippen LogP contribution in [-0.4, -0.2) is 36.8 Å². The summed E-state index contributed by atoms with van der Waals surface area (Å²) in [6.45, 7) is 3.31. The lowest BCUT2D eigenvalue weighted by molar-refractivity contribution is -0.147. The van der Waals surface area contributed by atoms with E-state index in [2.05, 4.69) is 10.6 Å². The molecule has 0 bridgehead atoms. The summed E-state index contributed by atoms with van der Waals surface area (Å²) >= 11 is 0. The van der Waals surface area contributed by atoms with E-state index in [-0.39, 0.29) is 24.5 Å². The molecular weight excluding hydrogens is 388 g/mol. The Bertz CT molecular complexity index is 908. The van der Waals surface area contributed by atoms with Crippen molar-refractivity contribution in [3.05, 3.63) is 54.1 Å². The Labute approximate surface area is 174 Å². The van der Waals surface area contributed by atoms with Gasteiger partial charge in [0.25, 0.3) is 5.91 Å². The zero-order valence-electron chi connectivity index (χ0n) is 16.9. The van der Waals surface area contributed by atoms with E-state index in [9.17, 15) is 19.2 Å². The maximum absolute atomic E-state index is 12.1. The molecule has 0 heterocycles. The third kappa shape index (κ3) is 7.75. The lowest BCUT2D eigenvalue weighted by Crippen LogP contribution is -2.21. The molecule has 0 spiro atoms. The number of hydrogen-bond acceptors (Lipinski definition) is 6. The third-order valence-electron chi connectivity index (χ3n) is 3.87. The van der Waals surface area contributed by atoms with Gasteiger partial charge < -0.3 is 20.1 Å². The zero-order chi connectivity index (χ0) is 21.9. The molecular formula is C22H24N2O6. The number of ether oxygens (including phenoxy) is 2. The molecule has 0 atom stereocenters. The second-order valence-electron chi connectivity index (χ2n) is 6.35. The summed E-state index contributed by atoms with van der Waals surface area (Å²) in [5.74, 6) is -0.930. The van der Waals surface area contributed by atoms with E-state index in [0.717, 1.165) is 0 Å². The number of amides is 2. The van der Waals surface area contributed by atoms with Gasteiger partial charge in [-0.15, -0.1) is 0 Å². The lowest BCUT2D eigenvalue weighted by atomic mass is 10.1. The van der Waals surface area contributed by atoms with Gasteiger partial charge in [-0.2, -0.15) is 0 Å². The van der Waals surface area contributed by atoms with Crippen LogP contribution in [0.25, 0.3) is 0 Å². The van der Waals surface area contributed by atoms with Gasteiger partial charge >= 0.3 is 5.97 Å². The van der Waals surface area contributed by atoms with Crippen molar-refractivity contribution < 1.29 is 28.7 Å². The summed E-state index contributed by atoms with van der Waals surface area (Å²) < 4.78 is 10.2. The molecule has 2 aromatic carbocycles. The number of benzene rings is 2. The van der Waals surface area contributed by atoms with Gasteiger partial charge in [0.1, 0.15) is 5.75 Å². The van der Waals surface area contributed by atoms with Crippen LogP contribution in [-0.2, 0) is 19.1 Å². The highest BCUT2D eigenvalue weighted by Gasteiger charge is 2.12. The van der Waals surface area contributed by atoms with E-state index >= 15 is 0 Å². The molecule has 2 N–H and O–H groups in total. The van der Waals surface area contributed by atoms with Crippen LogP contribution in [0.15, 0.2) is 48.5 Å². The van der Waals surface area contributed by atoms with Crippen LogP contribution in [0.1, 0.15) is 37.0 Å². The van der Waals surface area contributed by atoms with E-state index < -0.39 is 18.5 Å². The van der Waals surface area contributed by atoms with Crippen molar-refractivity contribution in [3.63, 3.8) is 0 Å². The number of Topliss-reactive ketones (excluding diaryl/α,β-unsaturated/α-hetero) is 1. The second-order valence-corrected chi connectivity index (χ2v) is 6.35. The summed E-state index contributed by atoms with van der Waals surface area (Å²) in [6, 6.07) is 13.2. The molecule has 0 radical (unpaired) electrons. The highest BCUT2D eigenvalue weighted by Crippen LogP contribution is 2.16. The smallest absolute Gasteiger partial charge is 0.306 e. The van der Waals surface area contributed by atoms with Gasteiger partial charge in [0, 0.05) is 30.3 Å². The molecule has 2 aromatic rings.